The van der Waals surface area contributed by atoms with Gasteiger partial charge in [0.25, 0.3) is 5.91 Å². The van der Waals surface area contributed by atoms with E-state index in [1.54, 1.807) is 17.6 Å². The normalized spacial score (nSPS) is 15.3. The van der Waals surface area contributed by atoms with Crippen LogP contribution in [0.2, 0.25) is 0 Å². The summed E-state index contributed by atoms with van der Waals surface area (Å²) in [6, 6.07) is 27.4. The number of amides is 1. The number of carbonyl (C=O) groups is 1. The Balaban J connectivity index is 1.53. The minimum Gasteiger partial charge on any atom is -0.489 e. The summed E-state index contributed by atoms with van der Waals surface area (Å²) >= 11 is 0. The number of pyridine rings is 1. The number of fused-ring (bicyclic) bond motifs is 1. The molecule has 7 nitrogen and oxygen atoms in total. The number of rotatable bonds is 8. The van der Waals surface area contributed by atoms with Gasteiger partial charge < -0.3 is 10.1 Å². The van der Waals surface area contributed by atoms with Crippen molar-refractivity contribution >= 4 is 22.8 Å². The summed E-state index contributed by atoms with van der Waals surface area (Å²) < 4.78 is 6.49. The zero-order chi connectivity index (χ0) is 25.5. The fourth-order valence-electron chi connectivity index (χ4n) is 4.78. The number of nitrogens with one attached hydrogen (secondary N) is 2. The summed E-state index contributed by atoms with van der Waals surface area (Å²) in [7, 11) is 0. The SMILES string of the molecule is O=C(NO)c1ccc(C=C(COc2cccc3ccccc23)C(c2ccccn2)N2CCNCC2)cc1. The van der Waals surface area contributed by atoms with Crippen molar-refractivity contribution in [3.63, 3.8) is 0 Å². The molecule has 3 N–H and O–H groups in total. The van der Waals surface area contributed by atoms with Crippen molar-refractivity contribution < 1.29 is 14.7 Å². The number of hydroxylamine groups is 1. The molecule has 0 bridgehead atoms. The smallest absolute Gasteiger partial charge is 0.274 e. The van der Waals surface area contributed by atoms with Gasteiger partial charge >= 0.3 is 0 Å². The first kappa shape index (κ1) is 24.6. The highest BCUT2D eigenvalue weighted by Gasteiger charge is 2.27. The highest BCUT2D eigenvalue weighted by Crippen LogP contribution is 2.32. The topological polar surface area (TPSA) is 86.7 Å². The first-order chi connectivity index (χ1) is 18.2. The van der Waals surface area contributed by atoms with Gasteiger partial charge in [-0.05, 0) is 46.9 Å². The number of nitrogens with zero attached hydrogens (tertiary/aromatic N) is 2. The lowest BCUT2D eigenvalue weighted by atomic mass is 9.98. The Hall–Kier alpha value is -4.04. The number of hydrogen-bond acceptors (Lipinski definition) is 6. The van der Waals surface area contributed by atoms with E-state index >= 15 is 0 Å². The Bertz CT molecular complexity index is 1360. The molecule has 1 atom stereocenters. The second kappa shape index (κ2) is 11.8. The summed E-state index contributed by atoms with van der Waals surface area (Å²) in [5.41, 5.74) is 5.03. The van der Waals surface area contributed by atoms with Gasteiger partial charge in [0, 0.05) is 43.3 Å². The maximum Gasteiger partial charge on any atom is 0.274 e. The van der Waals surface area contributed by atoms with E-state index in [0.717, 1.165) is 59.5 Å². The summed E-state index contributed by atoms with van der Waals surface area (Å²) in [5, 5.41) is 14.6. The Morgan fingerprint density at radius 3 is 2.51 bits per heavy atom. The molecule has 188 valence electrons. The molecule has 1 aliphatic rings. The van der Waals surface area contributed by atoms with E-state index in [1.807, 2.05) is 54.7 Å². The summed E-state index contributed by atoms with van der Waals surface area (Å²) in [6.45, 7) is 3.97. The monoisotopic (exact) mass is 494 g/mol. The molecule has 0 aliphatic carbocycles. The van der Waals surface area contributed by atoms with E-state index in [-0.39, 0.29) is 6.04 Å². The minimum absolute atomic E-state index is 0.0707. The Labute approximate surface area is 216 Å². The predicted octanol–water partition coefficient (Wildman–Crippen LogP) is 4.46. The lowest BCUT2D eigenvalue weighted by Crippen LogP contribution is -2.46. The van der Waals surface area contributed by atoms with Crippen LogP contribution >= 0.6 is 0 Å². The first-order valence-electron chi connectivity index (χ1n) is 12.4. The van der Waals surface area contributed by atoms with Gasteiger partial charge in [-0.25, -0.2) is 5.48 Å². The van der Waals surface area contributed by atoms with Crippen molar-refractivity contribution in [1.29, 1.82) is 0 Å². The quantitative estimate of drug-likeness (QED) is 0.248. The third-order valence-electron chi connectivity index (χ3n) is 6.61. The second-order valence-corrected chi connectivity index (χ2v) is 8.99. The molecule has 5 rings (SSSR count). The third-order valence-corrected chi connectivity index (χ3v) is 6.61. The van der Waals surface area contributed by atoms with Crippen LogP contribution in [0.25, 0.3) is 16.8 Å². The van der Waals surface area contributed by atoms with Gasteiger partial charge in [0.15, 0.2) is 0 Å². The third kappa shape index (κ3) is 5.86. The molecule has 0 spiro atoms. The second-order valence-electron chi connectivity index (χ2n) is 8.99. The van der Waals surface area contributed by atoms with E-state index in [1.165, 1.54) is 0 Å². The molecule has 2 heterocycles. The molecule has 4 aromatic rings. The number of carbonyl (C=O) groups excluding carboxylic acids is 1. The number of piperazine rings is 1. The Morgan fingerprint density at radius 1 is 1.00 bits per heavy atom. The maximum atomic E-state index is 11.8. The molecule has 1 aromatic heterocycles. The summed E-state index contributed by atoms with van der Waals surface area (Å²) in [4.78, 5) is 19.0. The van der Waals surface area contributed by atoms with Crippen LogP contribution in [0.1, 0.15) is 27.7 Å². The molecular weight excluding hydrogens is 464 g/mol. The largest absolute Gasteiger partial charge is 0.489 e. The minimum atomic E-state index is -0.540. The molecule has 1 aliphatic heterocycles. The van der Waals surface area contributed by atoms with Crippen molar-refractivity contribution in [3.8, 4) is 5.75 Å². The van der Waals surface area contributed by atoms with Crippen molar-refractivity contribution in [2.45, 2.75) is 6.04 Å². The molecule has 1 saturated heterocycles. The van der Waals surface area contributed by atoms with Crippen molar-refractivity contribution in [3.05, 3.63) is 114 Å². The highest BCUT2D eigenvalue weighted by molar-refractivity contribution is 5.93. The van der Waals surface area contributed by atoms with Crippen molar-refractivity contribution in [1.82, 2.24) is 20.7 Å². The Kier molecular flexibility index (Phi) is 7.86. The van der Waals surface area contributed by atoms with Crippen LogP contribution < -0.4 is 15.5 Å². The zero-order valence-electron chi connectivity index (χ0n) is 20.5. The molecular formula is C30H30N4O3. The van der Waals surface area contributed by atoms with Gasteiger partial charge in [-0.15, -0.1) is 0 Å². The van der Waals surface area contributed by atoms with E-state index in [4.69, 9.17) is 14.9 Å². The Morgan fingerprint density at radius 2 is 1.76 bits per heavy atom. The van der Waals surface area contributed by atoms with Crippen LogP contribution in [0, 0.1) is 0 Å². The molecule has 1 fully saturated rings. The average Bonchev–Trinajstić information content (AvgIpc) is 2.97. The van der Waals surface area contributed by atoms with Crippen LogP contribution in [0.15, 0.2) is 96.7 Å². The van der Waals surface area contributed by atoms with E-state index < -0.39 is 5.91 Å². The van der Waals surface area contributed by atoms with Gasteiger partial charge in [0.2, 0.25) is 0 Å². The van der Waals surface area contributed by atoms with Gasteiger partial charge in [0.1, 0.15) is 12.4 Å². The molecule has 0 saturated carbocycles. The van der Waals surface area contributed by atoms with Crippen LogP contribution in [0.5, 0.6) is 5.75 Å². The van der Waals surface area contributed by atoms with Crippen LogP contribution in [-0.4, -0.2) is 53.8 Å². The van der Waals surface area contributed by atoms with Gasteiger partial charge in [0.05, 0.1) is 11.7 Å². The lowest BCUT2D eigenvalue weighted by molar-refractivity contribution is 0.0706. The molecule has 37 heavy (non-hydrogen) atoms. The molecule has 3 aromatic carbocycles. The molecule has 7 heteroatoms. The van der Waals surface area contributed by atoms with Gasteiger partial charge in [-0.2, -0.15) is 0 Å². The highest BCUT2D eigenvalue weighted by atomic mass is 16.5. The van der Waals surface area contributed by atoms with E-state index in [9.17, 15) is 4.79 Å². The number of hydrogen-bond donors (Lipinski definition) is 3. The summed E-state index contributed by atoms with van der Waals surface area (Å²) in [5.74, 6) is 0.293. The van der Waals surface area contributed by atoms with Gasteiger partial charge in [-0.3, -0.25) is 19.9 Å². The standard InChI is InChI=1S/C30H30N4O3/c35-30(33-36)24-13-11-22(12-14-24)20-25(21-37-28-10-5-7-23-6-1-2-8-26(23)28)29(27-9-3-4-15-32-27)34-18-16-31-17-19-34/h1-15,20,29,31,36H,16-19,21H2,(H,33,35). The number of aromatic nitrogens is 1. The van der Waals surface area contributed by atoms with Crippen molar-refractivity contribution in [2.75, 3.05) is 32.8 Å². The van der Waals surface area contributed by atoms with Crippen LogP contribution in [0.3, 0.4) is 0 Å². The summed E-state index contributed by atoms with van der Waals surface area (Å²) in [6.07, 6.45) is 3.95. The maximum absolute atomic E-state index is 11.8. The van der Waals surface area contributed by atoms with E-state index in [0.29, 0.717) is 12.2 Å². The molecule has 0 radical (unpaired) electrons. The van der Waals surface area contributed by atoms with Crippen molar-refractivity contribution in [2.24, 2.45) is 0 Å². The van der Waals surface area contributed by atoms with Crippen LogP contribution in [0.4, 0.5) is 0 Å². The lowest BCUT2D eigenvalue weighted by Gasteiger charge is -2.36. The van der Waals surface area contributed by atoms with E-state index in [2.05, 4.69) is 40.6 Å². The molecule has 1 amide bonds. The first-order valence-corrected chi connectivity index (χ1v) is 12.4. The fourth-order valence-corrected chi connectivity index (χ4v) is 4.78. The number of benzene rings is 3. The fraction of sp³-hybridized carbons (Fsp3) is 0.200. The van der Waals surface area contributed by atoms with Gasteiger partial charge in [-0.1, -0.05) is 60.7 Å². The predicted molar refractivity (Wildman–Crippen MR) is 145 cm³/mol. The van der Waals surface area contributed by atoms with Crippen LogP contribution in [-0.2, 0) is 0 Å². The average molecular weight is 495 g/mol. The zero-order valence-corrected chi connectivity index (χ0v) is 20.5. The number of ether oxygens (including phenoxy) is 1. The molecule has 1 unspecified atom stereocenters.